The van der Waals surface area contributed by atoms with E-state index in [-0.39, 0.29) is 12.3 Å². The topological polar surface area (TPSA) is 123 Å². The lowest BCUT2D eigenvalue weighted by atomic mass is 10.0. The Morgan fingerprint density at radius 2 is 0.587 bits per heavy atom. The van der Waals surface area contributed by atoms with Crippen molar-refractivity contribution in [3.63, 3.8) is 0 Å². The molecule has 0 amide bonds. The molecule has 0 fully saturated rings. The summed E-state index contributed by atoms with van der Waals surface area (Å²) in [7, 11) is -5.14. The van der Waals surface area contributed by atoms with Crippen LogP contribution < -0.4 is 30.2 Å². The molecule has 8 aromatic carbocycles. The molecule has 2 unspecified atom stereocenters. The Kier molecular flexibility index (Phi) is 13.6. The fourth-order valence-electron chi connectivity index (χ4n) is 8.19. The van der Waals surface area contributed by atoms with Crippen molar-refractivity contribution in [3.05, 3.63) is 276 Å². The van der Waals surface area contributed by atoms with Gasteiger partial charge in [0.1, 0.15) is 11.4 Å². The van der Waals surface area contributed by atoms with Gasteiger partial charge in [-0.05, 0) is 48.5 Å². The van der Waals surface area contributed by atoms with Crippen molar-refractivity contribution in [1.29, 1.82) is 0 Å². The molecule has 0 aromatic heterocycles. The zero-order chi connectivity index (χ0) is 43.4. The molecular weight excluding hydrogens is 800 g/mol. The second-order valence-electron chi connectivity index (χ2n) is 14.9. The summed E-state index contributed by atoms with van der Waals surface area (Å²) in [4.78, 5) is 29.2. The fourth-order valence-corrected chi connectivity index (χ4v) is 8.19. The molecule has 8 nitrogen and oxygen atoms in total. The average Bonchev–Trinajstić information content (AvgIpc) is 3.95. The molecule has 0 radical (unpaired) electrons. The van der Waals surface area contributed by atoms with Crippen LogP contribution in [0.25, 0.3) is 22.8 Å². The van der Waals surface area contributed by atoms with Gasteiger partial charge >= 0.3 is 0 Å². The van der Waals surface area contributed by atoms with Crippen LogP contribution in [0.2, 0.25) is 0 Å². The molecular formula is C54H47N4O4P. The predicted octanol–water partition coefficient (Wildman–Crippen LogP) is 8.40. The van der Waals surface area contributed by atoms with E-state index in [1.54, 1.807) is 0 Å². The zero-order valence-corrected chi connectivity index (χ0v) is 35.3. The number of phosphoric acid groups is 1. The number of benzene rings is 8. The van der Waals surface area contributed by atoms with Crippen LogP contribution in [0.3, 0.4) is 0 Å². The van der Waals surface area contributed by atoms with E-state index < -0.39 is 7.82 Å². The minimum Gasteiger partial charge on any atom is -0.790 e. The Morgan fingerprint density at radius 1 is 0.365 bits per heavy atom. The number of rotatable bonds is 8. The Hall–Kier alpha value is -7.13. The smallest absolute Gasteiger partial charge is 0.197 e. The van der Waals surface area contributed by atoms with E-state index in [0.717, 1.165) is 0 Å². The summed E-state index contributed by atoms with van der Waals surface area (Å²) in [5, 5.41) is 4.81. The number of anilines is 2. The fraction of sp³-hybridized carbons (Fsp3) is 0.0370. The SMILES string of the molecule is O=P([O-])([O-])O.c1ccc(C2=C(c3ccccc3)N(c3ccccc3)C(c3ccccc3)[NH2+]2)cc1.c1ccc(C2=C(c3ccccc3)N(c3ccccc3)C(c3ccccc3)[NH2+]2)cc1. The van der Waals surface area contributed by atoms with E-state index in [1.807, 2.05) is 0 Å². The van der Waals surface area contributed by atoms with Crippen molar-refractivity contribution >= 4 is 42.0 Å². The van der Waals surface area contributed by atoms with Gasteiger partial charge in [-0.3, -0.25) is 20.4 Å². The third kappa shape index (κ3) is 10.5. The number of para-hydroxylation sites is 2. The second kappa shape index (κ2) is 20.2. The van der Waals surface area contributed by atoms with Crippen LogP contribution in [0.15, 0.2) is 243 Å². The number of quaternary nitrogens is 2. The molecule has 0 saturated carbocycles. The minimum atomic E-state index is -5.14. The molecule has 0 bridgehead atoms. The molecule has 0 spiro atoms. The van der Waals surface area contributed by atoms with Crippen molar-refractivity contribution < 1.29 is 29.9 Å². The molecule has 2 atom stereocenters. The van der Waals surface area contributed by atoms with Crippen molar-refractivity contribution in [2.75, 3.05) is 9.80 Å². The molecule has 2 aliphatic heterocycles. The Morgan fingerprint density at radius 3 is 0.857 bits per heavy atom. The molecule has 0 saturated heterocycles. The van der Waals surface area contributed by atoms with Gasteiger partial charge in [0.05, 0.1) is 7.82 Å². The lowest BCUT2D eigenvalue weighted by molar-refractivity contribution is -0.600. The summed E-state index contributed by atoms with van der Waals surface area (Å²) in [5.41, 5.74) is 14.9. The molecule has 2 heterocycles. The molecule has 0 aliphatic carbocycles. The van der Waals surface area contributed by atoms with E-state index in [2.05, 4.69) is 263 Å². The predicted molar refractivity (Wildman–Crippen MR) is 249 cm³/mol. The number of hydrogen-bond acceptors (Lipinski definition) is 5. The molecule has 8 aromatic rings. The van der Waals surface area contributed by atoms with Gasteiger partial charge in [0, 0.05) is 44.8 Å². The van der Waals surface area contributed by atoms with Crippen LogP contribution in [0, 0.1) is 0 Å². The van der Waals surface area contributed by atoms with Crippen LogP contribution in [0.1, 0.15) is 45.7 Å². The van der Waals surface area contributed by atoms with Gasteiger partial charge in [0.2, 0.25) is 0 Å². The van der Waals surface area contributed by atoms with Crippen molar-refractivity contribution in [2.24, 2.45) is 0 Å². The van der Waals surface area contributed by atoms with Crippen LogP contribution in [-0.2, 0) is 4.57 Å². The average molecular weight is 847 g/mol. The summed E-state index contributed by atoms with van der Waals surface area (Å²) in [6.07, 6.45) is 0.285. The van der Waals surface area contributed by atoms with E-state index in [0.29, 0.717) is 0 Å². The number of nitrogens with two attached hydrogens (primary N) is 2. The lowest BCUT2D eigenvalue weighted by Gasteiger charge is -2.26. The third-order valence-corrected chi connectivity index (χ3v) is 10.8. The number of nitrogens with zero attached hydrogens (tertiary/aromatic N) is 2. The van der Waals surface area contributed by atoms with Crippen molar-refractivity contribution in [1.82, 2.24) is 0 Å². The summed E-state index contributed by atoms with van der Waals surface area (Å²) in [6, 6.07) is 85.7. The first-order valence-electron chi connectivity index (χ1n) is 20.8. The van der Waals surface area contributed by atoms with Crippen LogP contribution in [0.5, 0.6) is 0 Å². The highest BCUT2D eigenvalue weighted by molar-refractivity contribution is 7.42. The second-order valence-corrected chi connectivity index (χ2v) is 15.8. The van der Waals surface area contributed by atoms with Crippen LogP contribution in [-0.4, -0.2) is 4.89 Å². The van der Waals surface area contributed by atoms with Gasteiger partial charge in [0.25, 0.3) is 0 Å². The highest BCUT2D eigenvalue weighted by Crippen LogP contribution is 2.41. The molecule has 63 heavy (non-hydrogen) atoms. The van der Waals surface area contributed by atoms with Gasteiger partial charge in [-0.15, -0.1) is 0 Å². The maximum absolute atomic E-state index is 8.66. The van der Waals surface area contributed by atoms with E-state index >= 15 is 0 Å². The highest BCUT2D eigenvalue weighted by atomic mass is 31.2. The highest BCUT2D eigenvalue weighted by Gasteiger charge is 2.40. The van der Waals surface area contributed by atoms with E-state index in [9.17, 15) is 0 Å². The van der Waals surface area contributed by atoms with Gasteiger partial charge in [-0.2, -0.15) is 0 Å². The lowest BCUT2D eigenvalue weighted by Crippen LogP contribution is -2.82. The Bertz CT molecular complexity index is 2580. The third-order valence-electron chi connectivity index (χ3n) is 10.8. The summed E-state index contributed by atoms with van der Waals surface area (Å²) in [6.45, 7) is 0. The van der Waals surface area contributed by atoms with Gasteiger partial charge in [0.15, 0.2) is 23.7 Å². The number of hydrogen-bond donors (Lipinski definition) is 3. The first-order chi connectivity index (χ1) is 30.8. The zero-order valence-electron chi connectivity index (χ0n) is 34.4. The van der Waals surface area contributed by atoms with Crippen molar-refractivity contribution in [3.8, 4) is 0 Å². The molecule has 9 heteroatoms. The van der Waals surface area contributed by atoms with E-state index in [1.165, 1.54) is 67.5 Å². The first kappa shape index (κ1) is 42.6. The normalized spacial score (nSPS) is 15.9. The summed E-state index contributed by atoms with van der Waals surface area (Å²) >= 11 is 0. The monoisotopic (exact) mass is 846 g/mol. The molecule has 5 N–H and O–H groups in total. The quantitative estimate of drug-likeness (QED) is 0.132. The Balaban J connectivity index is 0.000000156. The molecule has 10 rings (SSSR count). The maximum atomic E-state index is 8.66. The standard InChI is InChI=1S/2C27H22N2.H3O4P/c2*1-5-13-21(14-6-1)25-26(22-15-7-2-8-16-22)29(24-19-11-4-12-20-24)27(28-25)23-17-9-3-10-18-23;1-5(2,3)4/h2*1-20,27-28H;(H3,1,2,3,4). The van der Waals surface area contributed by atoms with Crippen LogP contribution in [0.4, 0.5) is 11.4 Å². The minimum absolute atomic E-state index is 0.143. The maximum Gasteiger partial charge on any atom is 0.197 e. The van der Waals surface area contributed by atoms with Gasteiger partial charge < -0.3 is 19.2 Å². The molecule has 312 valence electrons. The summed E-state index contributed by atoms with van der Waals surface area (Å²) < 4.78 is 8.66. The Labute approximate surface area is 368 Å². The molecule has 2 aliphatic rings. The van der Waals surface area contributed by atoms with E-state index in [4.69, 9.17) is 19.2 Å². The van der Waals surface area contributed by atoms with Crippen LogP contribution >= 0.6 is 7.82 Å². The largest absolute Gasteiger partial charge is 0.790 e. The van der Waals surface area contributed by atoms with Crippen molar-refractivity contribution in [2.45, 2.75) is 12.3 Å². The summed E-state index contributed by atoms with van der Waals surface area (Å²) in [5.74, 6) is 0. The van der Waals surface area contributed by atoms with Gasteiger partial charge in [-0.1, -0.05) is 194 Å². The first-order valence-corrected chi connectivity index (χ1v) is 22.3. The van der Waals surface area contributed by atoms with Gasteiger partial charge in [-0.25, -0.2) is 0 Å².